The minimum absolute atomic E-state index is 0.133. The first-order valence-electron chi connectivity index (χ1n) is 4.92. The standard InChI is InChI=1S/C11H15NOS/c1-9-4-2-3-5-11(9)14-12-7-6-10(13)8-12/h2-5,10,13H,6-8H2,1H3/t10-/m0/s1. The number of benzene rings is 1. The molecule has 0 amide bonds. The van der Waals surface area contributed by atoms with Gasteiger partial charge >= 0.3 is 0 Å². The summed E-state index contributed by atoms with van der Waals surface area (Å²) in [6.45, 7) is 3.90. The zero-order valence-corrected chi connectivity index (χ0v) is 9.13. The molecule has 0 aromatic heterocycles. The molecule has 14 heavy (non-hydrogen) atoms. The second kappa shape index (κ2) is 4.34. The molecule has 0 aliphatic carbocycles. The number of aliphatic hydroxyl groups excluding tert-OH is 1. The summed E-state index contributed by atoms with van der Waals surface area (Å²) < 4.78 is 2.23. The SMILES string of the molecule is Cc1ccccc1SN1CC[C@H](O)C1. The minimum atomic E-state index is -0.133. The van der Waals surface area contributed by atoms with Crippen molar-refractivity contribution in [1.82, 2.24) is 4.31 Å². The van der Waals surface area contributed by atoms with E-state index >= 15 is 0 Å². The van der Waals surface area contributed by atoms with Crippen molar-refractivity contribution in [2.24, 2.45) is 0 Å². The van der Waals surface area contributed by atoms with Crippen LogP contribution in [0, 0.1) is 6.92 Å². The van der Waals surface area contributed by atoms with Crippen molar-refractivity contribution in [2.75, 3.05) is 13.1 Å². The Bertz CT molecular complexity index is 316. The molecule has 3 heteroatoms. The van der Waals surface area contributed by atoms with E-state index < -0.39 is 0 Å². The molecule has 1 N–H and O–H groups in total. The maximum Gasteiger partial charge on any atom is 0.0689 e. The first-order valence-corrected chi connectivity index (χ1v) is 5.69. The Hall–Kier alpha value is -0.510. The highest BCUT2D eigenvalue weighted by Crippen LogP contribution is 2.28. The summed E-state index contributed by atoms with van der Waals surface area (Å²) in [5.74, 6) is 0. The molecule has 2 rings (SSSR count). The fraction of sp³-hybridized carbons (Fsp3) is 0.455. The average molecular weight is 209 g/mol. The van der Waals surface area contributed by atoms with Crippen LogP contribution in [0.5, 0.6) is 0 Å². The van der Waals surface area contributed by atoms with Gasteiger partial charge in [-0.1, -0.05) is 18.2 Å². The van der Waals surface area contributed by atoms with Gasteiger partial charge < -0.3 is 5.11 Å². The third kappa shape index (κ3) is 2.29. The van der Waals surface area contributed by atoms with Gasteiger partial charge in [0.05, 0.1) is 6.10 Å². The Labute approximate surface area is 89.1 Å². The highest BCUT2D eigenvalue weighted by Gasteiger charge is 2.21. The first kappa shape index (κ1) is 10.0. The predicted molar refractivity (Wildman–Crippen MR) is 59.2 cm³/mol. The van der Waals surface area contributed by atoms with E-state index in [9.17, 15) is 5.11 Å². The smallest absolute Gasteiger partial charge is 0.0689 e. The summed E-state index contributed by atoms with van der Waals surface area (Å²) in [5.41, 5.74) is 1.30. The number of hydrogen-bond donors (Lipinski definition) is 1. The molecule has 1 aliphatic heterocycles. The lowest BCUT2D eigenvalue weighted by Crippen LogP contribution is -2.14. The monoisotopic (exact) mass is 209 g/mol. The van der Waals surface area contributed by atoms with Crippen LogP contribution < -0.4 is 0 Å². The third-order valence-corrected chi connectivity index (χ3v) is 3.69. The van der Waals surface area contributed by atoms with E-state index in [1.54, 1.807) is 11.9 Å². The predicted octanol–water partition coefficient (Wildman–Crippen LogP) is 2.07. The summed E-state index contributed by atoms with van der Waals surface area (Å²) in [5, 5.41) is 9.39. The van der Waals surface area contributed by atoms with Gasteiger partial charge in [-0.2, -0.15) is 0 Å². The molecule has 2 nitrogen and oxygen atoms in total. The molecule has 1 heterocycles. The number of aryl methyl sites for hydroxylation is 1. The van der Waals surface area contributed by atoms with Crippen molar-refractivity contribution in [2.45, 2.75) is 24.3 Å². The van der Waals surface area contributed by atoms with Crippen molar-refractivity contribution in [1.29, 1.82) is 0 Å². The minimum Gasteiger partial charge on any atom is -0.392 e. The van der Waals surface area contributed by atoms with E-state index in [2.05, 4.69) is 35.5 Å². The van der Waals surface area contributed by atoms with Crippen LogP contribution in [-0.4, -0.2) is 28.6 Å². The van der Waals surface area contributed by atoms with Crippen LogP contribution in [0.3, 0.4) is 0 Å². The van der Waals surface area contributed by atoms with Crippen LogP contribution in [0.15, 0.2) is 29.2 Å². The summed E-state index contributed by atoms with van der Waals surface area (Å²) >= 11 is 1.75. The van der Waals surface area contributed by atoms with Gasteiger partial charge in [-0.3, -0.25) is 0 Å². The van der Waals surface area contributed by atoms with Gasteiger partial charge in [0.15, 0.2) is 0 Å². The van der Waals surface area contributed by atoms with E-state index in [0.29, 0.717) is 0 Å². The van der Waals surface area contributed by atoms with Crippen LogP contribution in [0.1, 0.15) is 12.0 Å². The maximum absolute atomic E-state index is 9.39. The molecule has 0 spiro atoms. The highest BCUT2D eigenvalue weighted by molar-refractivity contribution is 7.97. The second-order valence-electron chi connectivity index (χ2n) is 3.69. The third-order valence-electron chi connectivity index (χ3n) is 2.45. The van der Waals surface area contributed by atoms with Crippen molar-refractivity contribution in [3.8, 4) is 0 Å². The van der Waals surface area contributed by atoms with Gasteiger partial charge in [0.1, 0.15) is 0 Å². The van der Waals surface area contributed by atoms with Gasteiger partial charge in [-0.05, 0) is 36.9 Å². The quantitative estimate of drug-likeness (QED) is 0.754. The summed E-state index contributed by atoms with van der Waals surface area (Å²) in [6.07, 6.45) is 0.769. The number of rotatable bonds is 2. The molecule has 76 valence electrons. The Balaban J connectivity index is 2.01. The summed E-state index contributed by atoms with van der Waals surface area (Å²) in [4.78, 5) is 1.29. The van der Waals surface area contributed by atoms with Gasteiger partial charge in [0, 0.05) is 18.0 Å². The molecule has 1 aromatic rings. The highest BCUT2D eigenvalue weighted by atomic mass is 32.2. The van der Waals surface area contributed by atoms with E-state index in [0.717, 1.165) is 19.5 Å². The van der Waals surface area contributed by atoms with Crippen molar-refractivity contribution >= 4 is 11.9 Å². The average Bonchev–Trinajstić information content (AvgIpc) is 2.56. The van der Waals surface area contributed by atoms with E-state index in [-0.39, 0.29) is 6.10 Å². The van der Waals surface area contributed by atoms with E-state index in [1.165, 1.54) is 10.5 Å². The Kier molecular flexibility index (Phi) is 3.11. The maximum atomic E-state index is 9.39. The van der Waals surface area contributed by atoms with Crippen LogP contribution >= 0.6 is 11.9 Å². The molecule has 0 bridgehead atoms. The first-order chi connectivity index (χ1) is 6.75. The van der Waals surface area contributed by atoms with Crippen LogP contribution in [-0.2, 0) is 0 Å². The van der Waals surface area contributed by atoms with Gasteiger partial charge in [0.2, 0.25) is 0 Å². The molecule has 1 aromatic carbocycles. The van der Waals surface area contributed by atoms with Crippen molar-refractivity contribution in [3.05, 3.63) is 29.8 Å². The molecular weight excluding hydrogens is 194 g/mol. The summed E-state index contributed by atoms with van der Waals surface area (Å²) in [7, 11) is 0. The van der Waals surface area contributed by atoms with Crippen LogP contribution in [0.4, 0.5) is 0 Å². The molecule has 0 saturated carbocycles. The molecular formula is C11H15NOS. The number of β-amino-alcohol motifs (C(OH)–C–C–N with tert-alkyl or cyclic N) is 1. The molecule has 1 saturated heterocycles. The fourth-order valence-electron chi connectivity index (χ4n) is 1.59. The lowest BCUT2D eigenvalue weighted by atomic mass is 10.2. The second-order valence-corrected chi connectivity index (χ2v) is 4.83. The lowest BCUT2D eigenvalue weighted by Gasteiger charge is -2.14. The molecule has 1 atom stereocenters. The zero-order valence-electron chi connectivity index (χ0n) is 8.31. The van der Waals surface area contributed by atoms with E-state index in [1.807, 2.05) is 0 Å². The van der Waals surface area contributed by atoms with Crippen LogP contribution in [0.25, 0.3) is 0 Å². The number of hydrogen-bond acceptors (Lipinski definition) is 3. The molecule has 1 aliphatic rings. The normalized spacial score (nSPS) is 22.9. The zero-order chi connectivity index (χ0) is 9.97. The van der Waals surface area contributed by atoms with Gasteiger partial charge in [-0.25, -0.2) is 4.31 Å². The molecule has 0 radical (unpaired) electrons. The number of aliphatic hydroxyl groups is 1. The van der Waals surface area contributed by atoms with Crippen molar-refractivity contribution < 1.29 is 5.11 Å². The Morgan fingerprint density at radius 2 is 2.21 bits per heavy atom. The van der Waals surface area contributed by atoms with Gasteiger partial charge in [-0.15, -0.1) is 0 Å². The van der Waals surface area contributed by atoms with Gasteiger partial charge in [0.25, 0.3) is 0 Å². The van der Waals surface area contributed by atoms with Crippen LogP contribution in [0.2, 0.25) is 0 Å². The summed E-state index contributed by atoms with van der Waals surface area (Å²) in [6, 6.07) is 8.36. The van der Waals surface area contributed by atoms with Crippen molar-refractivity contribution in [3.63, 3.8) is 0 Å². The molecule has 1 fully saturated rings. The topological polar surface area (TPSA) is 23.5 Å². The Morgan fingerprint density at radius 3 is 2.86 bits per heavy atom. The number of nitrogens with zero attached hydrogens (tertiary/aromatic N) is 1. The lowest BCUT2D eigenvalue weighted by molar-refractivity contribution is 0.190. The Morgan fingerprint density at radius 1 is 1.43 bits per heavy atom. The largest absolute Gasteiger partial charge is 0.392 e. The van der Waals surface area contributed by atoms with E-state index in [4.69, 9.17) is 0 Å². The molecule has 0 unspecified atom stereocenters. The fourth-order valence-corrected chi connectivity index (χ4v) is 2.66.